The minimum Gasteiger partial charge on any atom is -0.429 e. The van der Waals surface area contributed by atoms with Crippen LogP contribution in [0.4, 0.5) is 10.5 Å². The number of carbonyl (C=O) groups is 2. The maximum Gasteiger partial charge on any atom is 0.516 e. The highest BCUT2D eigenvalue weighted by atomic mass is 16.7. The van der Waals surface area contributed by atoms with Gasteiger partial charge >= 0.3 is 12.1 Å². The third-order valence-corrected chi connectivity index (χ3v) is 3.05. The predicted molar refractivity (Wildman–Crippen MR) is 81.9 cm³/mol. The molecule has 2 N–H and O–H groups in total. The van der Waals surface area contributed by atoms with Crippen molar-refractivity contribution in [2.24, 2.45) is 0 Å². The molecular weight excluding hydrogens is 282 g/mol. The van der Waals surface area contributed by atoms with Crippen molar-refractivity contribution < 1.29 is 19.1 Å². The molecular formula is C17H17NO4. The minimum absolute atomic E-state index is 0.0641. The summed E-state index contributed by atoms with van der Waals surface area (Å²) < 4.78 is 9.46. The van der Waals surface area contributed by atoms with E-state index in [1.807, 2.05) is 48.5 Å². The summed E-state index contributed by atoms with van der Waals surface area (Å²) in [5.41, 5.74) is 8.06. The predicted octanol–water partition coefficient (Wildman–Crippen LogP) is 3.08. The molecule has 0 fully saturated rings. The minimum atomic E-state index is -0.991. The Morgan fingerprint density at radius 1 is 0.955 bits per heavy atom. The molecule has 2 rings (SSSR count). The zero-order valence-electron chi connectivity index (χ0n) is 12.0. The first-order chi connectivity index (χ1) is 10.6. The standard InChI is InChI=1S/C17H17NO4/c18-15-9-5-4-8-14(15)10-11-16(19)22-17(20)21-12-13-6-2-1-3-7-13/h1-9H,10-12,18H2. The van der Waals surface area contributed by atoms with E-state index < -0.39 is 12.1 Å². The summed E-state index contributed by atoms with van der Waals surface area (Å²) in [6.45, 7) is 0.0680. The Bertz CT molecular complexity index is 640. The number of benzene rings is 2. The number of anilines is 1. The van der Waals surface area contributed by atoms with Crippen molar-refractivity contribution in [3.8, 4) is 0 Å². The molecule has 0 atom stereocenters. The number of aryl methyl sites for hydroxylation is 1. The second-order valence-electron chi connectivity index (χ2n) is 4.70. The summed E-state index contributed by atoms with van der Waals surface area (Å²) in [7, 11) is 0. The number of para-hydroxylation sites is 1. The number of carbonyl (C=O) groups excluding carboxylic acids is 2. The zero-order valence-corrected chi connectivity index (χ0v) is 12.0. The second-order valence-corrected chi connectivity index (χ2v) is 4.70. The number of hydrogen-bond acceptors (Lipinski definition) is 5. The van der Waals surface area contributed by atoms with Gasteiger partial charge in [0.2, 0.25) is 0 Å². The summed E-state index contributed by atoms with van der Waals surface area (Å²) in [4.78, 5) is 23.0. The topological polar surface area (TPSA) is 78.6 Å². The Kier molecular flexibility index (Phi) is 5.54. The largest absolute Gasteiger partial charge is 0.516 e. The van der Waals surface area contributed by atoms with Crippen LogP contribution in [-0.4, -0.2) is 12.1 Å². The molecule has 0 radical (unpaired) electrons. The number of ether oxygens (including phenoxy) is 2. The summed E-state index contributed by atoms with van der Waals surface area (Å²) >= 11 is 0. The quantitative estimate of drug-likeness (QED) is 0.521. The zero-order chi connectivity index (χ0) is 15.8. The molecule has 0 saturated carbocycles. The molecule has 0 amide bonds. The van der Waals surface area contributed by atoms with Crippen LogP contribution in [-0.2, 0) is 27.3 Å². The molecule has 5 heteroatoms. The van der Waals surface area contributed by atoms with Gasteiger partial charge in [0, 0.05) is 5.69 Å². The lowest BCUT2D eigenvalue weighted by Crippen LogP contribution is -2.14. The van der Waals surface area contributed by atoms with Crippen LogP contribution in [0.15, 0.2) is 54.6 Å². The maximum absolute atomic E-state index is 11.6. The second kappa shape index (κ2) is 7.83. The average Bonchev–Trinajstić information content (AvgIpc) is 2.53. The molecule has 5 nitrogen and oxygen atoms in total. The fourth-order valence-corrected chi connectivity index (χ4v) is 1.89. The van der Waals surface area contributed by atoms with Crippen LogP contribution < -0.4 is 5.73 Å². The summed E-state index contributed by atoms with van der Waals surface area (Å²) in [6.07, 6.45) is -0.513. The lowest BCUT2D eigenvalue weighted by atomic mass is 10.1. The van der Waals surface area contributed by atoms with Gasteiger partial charge in [-0.25, -0.2) is 4.79 Å². The van der Waals surface area contributed by atoms with Crippen molar-refractivity contribution in [1.29, 1.82) is 0 Å². The van der Waals surface area contributed by atoms with Crippen molar-refractivity contribution in [2.45, 2.75) is 19.4 Å². The normalized spacial score (nSPS) is 10.0. The first-order valence-corrected chi connectivity index (χ1v) is 6.90. The Morgan fingerprint density at radius 3 is 2.36 bits per heavy atom. The van der Waals surface area contributed by atoms with Crippen molar-refractivity contribution in [1.82, 2.24) is 0 Å². The molecule has 0 saturated heterocycles. The maximum atomic E-state index is 11.6. The molecule has 22 heavy (non-hydrogen) atoms. The SMILES string of the molecule is Nc1ccccc1CCC(=O)OC(=O)OCc1ccccc1. The van der Waals surface area contributed by atoms with Crippen molar-refractivity contribution in [2.75, 3.05) is 5.73 Å². The number of nitrogen functional groups attached to an aromatic ring is 1. The molecule has 0 aliphatic carbocycles. The summed E-state index contributed by atoms with van der Waals surface area (Å²) in [5.74, 6) is -0.638. The molecule has 0 aliphatic rings. The van der Waals surface area contributed by atoms with Crippen molar-refractivity contribution >= 4 is 17.8 Å². The lowest BCUT2D eigenvalue weighted by molar-refractivity contribution is -0.139. The third kappa shape index (κ3) is 4.94. The fourth-order valence-electron chi connectivity index (χ4n) is 1.89. The highest BCUT2D eigenvalue weighted by molar-refractivity contribution is 5.82. The van der Waals surface area contributed by atoms with Gasteiger partial charge in [-0.1, -0.05) is 48.5 Å². The van der Waals surface area contributed by atoms with E-state index in [0.29, 0.717) is 12.1 Å². The van der Waals surface area contributed by atoms with E-state index in [1.54, 1.807) is 6.07 Å². The van der Waals surface area contributed by atoms with E-state index in [-0.39, 0.29) is 13.0 Å². The first-order valence-electron chi connectivity index (χ1n) is 6.90. The molecule has 0 bridgehead atoms. The van der Waals surface area contributed by atoms with Crippen LogP contribution in [0.25, 0.3) is 0 Å². The number of nitrogens with two attached hydrogens (primary N) is 1. The first kappa shape index (κ1) is 15.6. The monoisotopic (exact) mass is 299 g/mol. The van der Waals surface area contributed by atoms with E-state index in [2.05, 4.69) is 4.74 Å². The van der Waals surface area contributed by atoms with Crippen LogP contribution in [0.5, 0.6) is 0 Å². The summed E-state index contributed by atoms with van der Waals surface area (Å²) in [6, 6.07) is 16.4. The van der Waals surface area contributed by atoms with Gasteiger partial charge < -0.3 is 15.2 Å². The van der Waals surface area contributed by atoms with E-state index >= 15 is 0 Å². The molecule has 0 aliphatic heterocycles. The Labute approximate surface area is 128 Å². The van der Waals surface area contributed by atoms with Crippen LogP contribution in [0.3, 0.4) is 0 Å². The molecule has 0 heterocycles. The highest BCUT2D eigenvalue weighted by Crippen LogP contribution is 2.13. The van der Waals surface area contributed by atoms with Gasteiger partial charge in [-0.15, -0.1) is 0 Å². The van der Waals surface area contributed by atoms with Crippen molar-refractivity contribution in [3.05, 3.63) is 65.7 Å². The van der Waals surface area contributed by atoms with Crippen LogP contribution in [0, 0.1) is 0 Å². The lowest BCUT2D eigenvalue weighted by Gasteiger charge is -2.06. The van der Waals surface area contributed by atoms with Gasteiger partial charge in [0.25, 0.3) is 0 Å². The molecule has 2 aromatic carbocycles. The Morgan fingerprint density at radius 2 is 1.64 bits per heavy atom. The van der Waals surface area contributed by atoms with E-state index in [0.717, 1.165) is 11.1 Å². The van der Waals surface area contributed by atoms with Gasteiger partial charge in [0.15, 0.2) is 0 Å². The Hall–Kier alpha value is -2.82. The van der Waals surface area contributed by atoms with Crippen molar-refractivity contribution in [3.63, 3.8) is 0 Å². The summed E-state index contributed by atoms with van der Waals surface area (Å²) in [5, 5.41) is 0. The number of rotatable bonds is 5. The Balaban J connectivity index is 1.72. The molecule has 0 spiro atoms. The molecule has 2 aromatic rings. The smallest absolute Gasteiger partial charge is 0.429 e. The fraction of sp³-hybridized carbons (Fsp3) is 0.176. The van der Waals surface area contributed by atoms with Gasteiger partial charge in [-0.05, 0) is 23.6 Å². The van der Waals surface area contributed by atoms with Gasteiger partial charge in [-0.3, -0.25) is 4.79 Å². The van der Waals surface area contributed by atoms with E-state index in [1.165, 1.54) is 0 Å². The molecule has 0 aromatic heterocycles. The van der Waals surface area contributed by atoms with Crippen LogP contribution in [0.2, 0.25) is 0 Å². The number of esters is 1. The third-order valence-electron chi connectivity index (χ3n) is 3.05. The highest BCUT2D eigenvalue weighted by Gasteiger charge is 2.12. The van der Waals surface area contributed by atoms with Gasteiger partial charge in [-0.2, -0.15) is 0 Å². The van der Waals surface area contributed by atoms with Crippen LogP contribution >= 0.6 is 0 Å². The average molecular weight is 299 g/mol. The molecule has 0 unspecified atom stereocenters. The van der Waals surface area contributed by atoms with Crippen LogP contribution in [0.1, 0.15) is 17.5 Å². The number of hydrogen-bond donors (Lipinski definition) is 1. The molecule has 114 valence electrons. The van der Waals surface area contributed by atoms with E-state index in [9.17, 15) is 9.59 Å². The van der Waals surface area contributed by atoms with Gasteiger partial charge in [0.05, 0.1) is 6.42 Å². The van der Waals surface area contributed by atoms with Gasteiger partial charge in [0.1, 0.15) is 6.61 Å². The van der Waals surface area contributed by atoms with E-state index in [4.69, 9.17) is 10.5 Å².